The van der Waals surface area contributed by atoms with Crippen molar-refractivity contribution in [2.75, 3.05) is 19.6 Å². The van der Waals surface area contributed by atoms with Gasteiger partial charge in [0.05, 0.1) is 6.04 Å². The normalized spacial score (nSPS) is 26.6. The summed E-state index contributed by atoms with van der Waals surface area (Å²) in [7, 11) is 0. The number of hydrogen-bond acceptors (Lipinski definition) is 4. The molecule has 0 radical (unpaired) electrons. The molecule has 3 N–H and O–H groups in total. The van der Waals surface area contributed by atoms with Crippen molar-refractivity contribution in [2.45, 2.75) is 25.3 Å². The highest BCUT2D eigenvalue weighted by atomic mass is 16.2. The lowest BCUT2D eigenvalue weighted by Crippen LogP contribution is -2.49. The molecule has 0 unspecified atom stereocenters. The standard InChI is InChI=1S/C9H16N4O/c14-8(7-3-1-4-10-7)13-9-11-5-2-6-12-9/h7,10H,1-6H2,(H2,11,12,13,14)/t7-/m0/s1. The molecule has 2 rings (SSSR count). The Hall–Kier alpha value is -1.10. The van der Waals surface area contributed by atoms with Gasteiger partial charge in [-0.05, 0) is 25.8 Å². The van der Waals surface area contributed by atoms with Gasteiger partial charge in [-0.1, -0.05) is 0 Å². The molecule has 5 heteroatoms. The first kappa shape index (κ1) is 9.45. The van der Waals surface area contributed by atoms with Crippen LogP contribution in [0.3, 0.4) is 0 Å². The molecular formula is C9H16N4O. The van der Waals surface area contributed by atoms with Gasteiger partial charge in [-0.2, -0.15) is 0 Å². The quantitative estimate of drug-likeness (QED) is 0.514. The van der Waals surface area contributed by atoms with Crippen LogP contribution in [0.15, 0.2) is 4.99 Å². The minimum Gasteiger partial charge on any atom is -0.356 e. The van der Waals surface area contributed by atoms with Crippen molar-refractivity contribution >= 4 is 11.9 Å². The third-order valence-electron chi connectivity index (χ3n) is 2.52. The fraction of sp³-hybridized carbons (Fsp3) is 0.778. The fourth-order valence-corrected chi connectivity index (χ4v) is 1.73. The Morgan fingerprint density at radius 1 is 1.43 bits per heavy atom. The van der Waals surface area contributed by atoms with Crippen molar-refractivity contribution in [1.82, 2.24) is 16.0 Å². The molecule has 1 amide bonds. The molecule has 1 atom stereocenters. The van der Waals surface area contributed by atoms with Gasteiger partial charge in [0.15, 0.2) is 5.96 Å². The summed E-state index contributed by atoms with van der Waals surface area (Å²) in [6.45, 7) is 2.65. The highest BCUT2D eigenvalue weighted by Gasteiger charge is 2.22. The van der Waals surface area contributed by atoms with E-state index in [1.165, 1.54) is 0 Å². The van der Waals surface area contributed by atoms with E-state index < -0.39 is 0 Å². The van der Waals surface area contributed by atoms with E-state index >= 15 is 0 Å². The predicted molar refractivity (Wildman–Crippen MR) is 54.1 cm³/mol. The average molecular weight is 196 g/mol. The molecule has 2 aliphatic rings. The van der Waals surface area contributed by atoms with Crippen molar-refractivity contribution in [1.29, 1.82) is 0 Å². The van der Waals surface area contributed by atoms with Gasteiger partial charge in [0.1, 0.15) is 0 Å². The van der Waals surface area contributed by atoms with Crippen LogP contribution in [-0.2, 0) is 4.79 Å². The van der Waals surface area contributed by atoms with Crippen LogP contribution in [0, 0.1) is 0 Å². The van der Waals surface area contributed by atoms with Crippen LogP contribution in [0.1, 0.15) is 19.3 Å². The summed E-state index contributed by atoms with van der Waals surface area (Å²) in [5.74, 6) is 0.672. The van der Waals surface area contributed by atoms with Gasteiger partial charge in [-0.25, -0.2) is 0 Å². The summed E-state index contributed by atoms with van der Waals surface area (Å²) in [6.07, 6.45) is 3.05. The topological polar surface area (TPSA) is 65.5 Å². The van der Waals surface area contributed by atoms with E-state index in [1.807, 2.05) is 0 Å². The predicted octanol–water partition coefficient (Wildman–Crippen LogP) is -0.796. The molecule has 2 heterocycles. The van der Waals surface area contributed by atoms with Gasteiger partial charge < -0.3 is 10.6 Å². The summed E-state index contributed by atoms with van der Waals surface area (Å²) in [5.41, 5.74) is 0. The summed E-state index contributed by atoms with van der Waals surface area (Å²) in [6, 6.07) is -0.0265. The van der Waals surface area contributed by atoms with Crippen molar-refractivity contribution in [3.63, 3.8) is 0 Å². The number of hydrogen-bond donors (Lipinski definition) is 3. The Balaban J connectivity index is 1.83. The molecular weight excluding hydrogens is 180 g/mol. The molecule has 0 aromatic heterocycles. The molecule has 0 aliphatic carbocycles. The molecule has 0 aromatic carbocycles. The fourth-order valence-electron chi connectivity index (χ4n) is 1.73. The van der Waals surface area contributed by atoms with Crippen molar-refractivity contribution in [3.05, 3.63) is 0 Å². The maximum Gasteiger partial charge on any atom is 0.243 e. The van der Waals surface area contributed by atoms with Gasteiger partial charge in [-0.3, -0.25) is 15.1 Å². The number of carbonyl (C=O) groups excluding carboxylic acids is 1. The zero-order valence-electron chi connectivity index (χ0n) is 8.18. The monoisotopic (exact) mass is 196 g/mol. The molecule has 0 saturated carbocycles. The first-order valence-corrected chi connectivity index (χ1v) is 5.19. The Kier molecular flexibility index (Phi) is 2.98. The Bertz CT molecular complexity index is 245. The first-order chi connectivity index (χ1) is 6.86. The van der Waals surface area contributed by atoms with Crippen LogP contribution in [0.4, 0.5) is 0 Å². The number of amides is 1. The van der Waals surface area contributed by atoms with E-state index in [-0.39, 0.29) is 11.9 Å². The van der Waals surface area contributed by atoms with E-state index in [1.54, 1.807) is 0 Å². The molecule has 78 valence electrons. The highest BCUT2D eigenvalue weighted by molar-refractivity contribution is 5.99. The lowest BCUT2D eigenvalue weighted by Gasteiger charge is -2.17. The van der Waals surface area contributed by atoms with E-state index in [0.717, 1.165) is 38.9 Å². The van der Waals surface area contributed by atoms with Crippen LogP contribution >= 0.6 is 0 Å². The summed E-state index contributed by atoms with van der Waals surface area (Å²) < 4.78 is 0. The summed E-state index contributed by atoms with van der Waals surface area (Å²) in [5, 5.41) is 9.01. The minimum atomic E-state index is -0.0265. The largest absolute Gasteiger partial charge is 0.356 e. The van der Waals surface area contributed by atoms with Gasteiger partial charge in [0.2, 0.25) is 5.91 Å². The lowest BCUT2D eigenvalue weighted by molar-refractivity contribution is -0.121. The van der Waals surface area contributed by atoms with E-state index in [2.05, 4.69) is 20.9 Å². The van der Waals surface area contributed by atoms with Gasteiger partial charge in [0.25, 0.3) is 0 Å². The molecule has 0 aromatic rings. The molecule has 5 nitrogen and oxygen atoms in total. The summed E-state index contributed by atoms with van der Waals surface area (Å²) >= 11 is 0. The molecule has 14 heavy (non-hydrogen) atoms. The summed E-state index contributed by atoms with van der Waals surface area (Å²) in [4.78, 5) is 15.8. The highest BCUT2D eigenvalue weighted by Crippen LogP contribution is 2.04. The zero-order valence-corrected chi connectivity index (χ0v) is 8.18. The first-order valence-electron chi connectivity index (χ1n) is 5.19. The third-order valence-corrected chi connectivity index (χ3v) is 2.52. The smallest absolute Gasteiger partial charge is 0.243 e. The van der Waals surface area contributed by atoms with Gasteiger partial charge >= 0.3 is 0 Å². The molecule has 1 saturated heterocycles. The number of carbonyl (C=O) groups is 1. The van der Waals surface area contributed by atoms with E-state index in [4.69, 9.17) is 0 Å². The van der Waals surface area contributed by atoms with Crippen LogP contribution < -0.4 is 16.0 Å². The van der Waals surface area contributed by atoms with E-state index in [9.17, 15) is 4.79 Å². The van der Waals surface area contributed by atoms with E-state index in [0.29, 0.717) is 5.96 Å². The van der Waals surface area contributed by atoms with Crippen LogP contribution in [0.25, 0.3) is 0 Å². The number of rotatable bonds is 1. The zero-order chi connectivity index (χ0) is 9.80. The lowest BCUT2D eigenvalue weighted by atomic mass is 10.2. The Morgan fingerprint density at radius 2 is 2.36 bits per heavy atom. The van der Waals surface area contributed by atoms with Crippen molar-refractivity contribution in [2.24, 2.45) is 4.99 Å². The second-order valence-electron chi connectivity index (χ2n) is 3.65. The van der Waals surface area contributed by atoms with Crippen molar-refractivity contribution < 1.29 is 4.79 Å². The number of nitrogens with zero attached hydrogens (tertiary/aromatic N) is 1. The number of aliphatic imine (C=N–C) groups is 1. The molecule has 0 spiro atoms. The third kappa shape index (κ3) is 2.23. The second kappa shape index (κ2) is 4.41. The second-order valence-corrected chi connectivity index (χ2v) is 3.65. The molecule has 1 fully saturated rings. The van der Waals surface area contributed by atoms with Crippen molar-refractivity contribution in [3.8, 4) is 0 Å². The molecule has 2 aliphatic heterocycles. The average Bonchev–Trinajstić information content (AvgIpc) is 2.72. The Labute approximate surface area is 83.4 Å². The Morgan fingerprint density at radius 3 is 3.00 bits per heavy atom. The van der Waals surface area contributed by atoms with Gasteiger partial charge in [0, 0.05) is 13.1 Å². The van der Waals surface area contributed by atoms with Crippen LogP contribution in [0.2, 0.25) is 0 Å². The number of guanidine groups is 1. The SMILES string of the molecule is O=C(NC1=NCCCN1)[C@@H]1CCCN1. The van der Waals surface area contributed by atoms with Crippen LogP contribution in [0.5, 0.6) is 0 Å². The molecule has 0 bridgehead atoms. The van der Waals surface area contributed by atoms with Crippen LogP contribution in [-0.4, -0.2) is 37.5 Å². The maximum atomic E-state index is 11.6. The minimum absolute atomic E-state index is 0.0265. The number of nitrogens with one attached hydrogen (secondary N) is 3. The maximum absolute atomic E-state index is 11.6. The van der Waals surface area contributed by atoms with Gasteiger partial charge in [-0.15, -0.1) is 0 Å².